The Bertz CT molecular complexity index is 625. The number of carboxylic acids is 1. The standard InChI is InChI=1S/C14H20N2O4S/c1-10-8-16(9-13(10)15(2)3)21(19,20)12-6-4-11(5-7-12)14(17)18/h4-7,10,13H,8-9H2,1-3H3,(H,17,18). The highest BCUT2D eigenvalue weighted by molar-refractivity contribution is 7.89. The minimum Gasteiger partial charge on any atom is -0.478 e. The molecule has 0 aliphatic carbocycles. The van der Waals surface area contributed by atoms with Crippen LogP contribution in [0.2, 0.25) is 0 Å². The van der Waals surface area contributed by atoms with Crippen LogP contribution in [-0.2, 0) is 10.0 Å². The average molecular weight is 312 g/mol. The molecule has 21 heavy (non-hydrogen) atoms. The smallest absolute Gasteiger partial charge is 0.335 e. The Hall–Kier alpha value is -1.44. The number of rotatable bonds is 4. The first-order chi connectivity index (χ1) is 9.73. The predicted octanol–water partition coefficient (Wildman–Crippen LogP) is 0.955. The molecule has 1 N–H and O–H groups in total. The second kappa shape index (κ2) is 5.75. The quantitative estimate of drug-likeness (QED) is 0.896. The number of aromatic carboxylic acids is 1. The molecule has 1 aliphatic rings. The maximum absolute atomic E-state index is 12.6. The fourth-order valence-corrected chi connectivity index (χ4v) is 4.25. The summed E-state index contributed by atoms with van der Waals surface area (Å²) in [5.74, 6) is -0.811. The SMILES string of the molecule is CC1CN(S(=O)(=O)c2ccc(C(=O)O)cc2)CC1N(C)C. The van der Waals surface area contributed by atoms with Gasteiger partial charge in [0.05, 0.1) is 10.5 Å². The average Bonchev–Trinajstić information content (AvgIpc) is 2.82. The van der Waals surface area contributed by atoms with Gasteiger partial charge in [-0.3, -0.25) is 0 Å². The minimum absolute atomic E-state index is 0.0786. The van der Waals surface area contributed by atoms with E-state index in [-0.39, 0.29) is 22.4 Å². The number of likely N-dealkylation sites (N-methyl/N-ethyl adjacent to an activating group) is 1. The lowest BCUT2D eigenvalue weighted by molar-refractivity contribution is 0.0696. The molecule has 0 spiro atoms. The second-order valence-corrected chi connectivity index (χ2v) is 7.60. The highest BCUT2D eigenvalue weighted by Gasteiger charge is 2.38. The third-order valence-electron chi connectivity index (χ3n) is 3.94. The van der Waals surface area contributed by atoms with Crippen molar-refractivity contribution in [3.8, 4) is 0 Å². The van der Waals surface area contributed by atoms with Crippen LogP contribution in [0.3, 0.4) is 0 Å². The number of hydrogen-bond acceptors (Lipinski definition) is 4. The lowest BCUT2D eigenvalue weighted by atomic mass is 10.1. The summed E-state index contributed by atoms with van der Waals surface area (Å²) in [6.45, 7) is 2.97. The van der Waals surface area contributed by atoms with Crippen LogP contribution >= 0.6 is 0 Å². The predicted molar refractivity (Wildman–Crippen MR) is 78.8 cm³/mol. The molecule has 2 rings (SSSR count). The highest BCUT2D eigenvalue weighted by atomic mass is 32.2. The van der Waals surface area contributed by atoms with Crippen LogP contribution in [-0.4, -0.2) is 61.9 Å². The molecule has 1 fully saturated rings. The van der Waals surface area contributed by atoms with Crippen LogP contribution < -0.4 is 0 Å². The molecule has 1 aromatic carbocycles. The lowest BCUT2D eigenvalue weighted by Gasteiger charge is -2.22. The molecule has 1 saturated heterocycles. The Morgan fingerprint density at radius 2 is 1.81 bits per heavy atom. The maximum atomic E-state index is 12.6. The summed E-state index contributed by atoms with van der Waals surface area (Å²) in [6.07, 6.45) is 0. The first kappa shape index (κ1) is 15.9. The molecule has 0 saturated carbocycles. The zero-order valence-electron chi connectivity index (χ0n) is 12.4. The summed E-state index contributed by atoms with van der Waals surface area (Å²) >= 11 is 0. The van der Waals surface area contributed by atoms with E-state index in [0.717, 1.165) is 0 Å². The highest BCUT2D eigenvalue weighted by Crippen LogP contribution is 2.26. The Kier molecular flexibility index (Phi) is 4.36. The van der Waals surface area contributed by atoms with Gasteiger partial charge in [-0.1, -0.05) is 6.92 Å². The van der Waals surface area contributed by atoms with E-state index in [0.29, 0.717) is 13.1 Å². The van der Waals surface area contributed by atoms with Crippen molar-refractivity contribution in [2.75, 3.05) is 27.2 Å². The number of carboxylic acid groups (broad SMARTS) is 1. The van der Waals surface area contributed by atoms with E-state index in [9.17, 15) is 13.2 Å². The summed E-state index contributed by atoms with van der Waals surface area (Å²) in [7, 11) is 0.320. The van der Waals surface area contributed by atoms with Gasteiger partial charge in [-0.2, -0.15) is 4.31 Å². The number of sulfonamides is 1. The molecule has 2 unspecified atom stereocenters. The van der Waals surface area contributed by atoms with Crippen LogP contribution in [0.5, 0.6) is 0 Å². The summed E-state index contributed by atoms with van der Waals surface area (Å²) in [5, 5.41) is 8.86. The summed E-state index contributed by atoms with van der Waals surface area (Å²) < 4.78 is 26.6. The summed E-state index contributed by atoms with van der Waals surface area (Å²) in [4.78, 5) is 13.0. The Morgan fingerprint density at radius 3 is 2.24 bits per heavy atom. The van der Waals surface area contributed by atoms with Gasteiger partial charge in [0.1, 0.15) is 0 Å². The van der Waals surface area contributed by atoms with E-state index in [1.54, 1.807) is 0 Å². The van der Waals surface area contributed by atoms with Gasteiger partial charge in [-0.05, 0) is 44.3 Å². The van der Waals surface area contributed by atoms with Gasteiger partial charge in [0.15, 0.2) is 0 Å². The van der Waals surface area contributed by atoms with E-state index in [1.807, 2.05) is 25.9 Å². The van der Waals surface area contributed by atoms with Crippen LogP contribution in [0, 0.1) is 5.92 Å². The first-order valence-corrected chi connectivity index (χ1v) is 8.17. The zero-order chi connectivity index (χ0) is 15.8. The van der Waals surface area contributed by atoms with E-state index < -0.39 is 16.0 Å². The van der Waals surface area contributed by atoms with Gasteiger partial charge in [0.25, 0.3) is 0 Å². The van der Waals surface area contributed by atoms with Crippen molar-refractivity contribution in [1.82, 2.24) is 9.21 Å². The van der Waals surface area contributed by atoms with Crippen molar-refractivity contribution in [2.45, 2.75) is 17.9 Å². The lowest BCUT2D eigenvalue weighted by Crippen LogP contribution is -2.35. The molecule has 1 heterocycles. The van der Waals surface area contributed by atoms with E-state index >= 15 is 0 Å². The van der Waals surface area contributed by atoms with Crippen LogP contribution in [0.25, 0.3) is 0 Å². The molecule has 0 radical (unpaired) electrons. The van der Waals surface area contributed by atoms with E-state index in [4.69, 9.17) is 5.11 Å². The largest absolute Gasteiger partial charge is 0.478 e. The van der Waals surface area contributed by atoms with Gasteiger partial charge in [0.2, 0.25) is 10.0 Å². The van der Waals surface area contributed by atoms with Gasteiger partial charge < -0.3 is 10.0 Å². The maximum Gasteiger partial charge on any atom is 0.335 e. The van der Waals surface area contributed by atoms with Crippen molar-refractivity contribution in [1.29, 1.82) is 0 Å². The monoisotopic (exact) mass is 312 g/mol. The summed E-state index contributed by atoms with van der Waals surface area (Å²) in [5.41, 5.74) is 0.0786. The van der Waals surface area contributed by atoms with Crippen LogP contribution in [0.4, 0.5) is 0 Å². The van der Waals surface area contributed by atoms with Crippen molar-refractivity contribution < 1.29 is 18.3 Å². The molecule has 116 valence electrons. The first-order valence-electron chi connectivity index (χ1n) is 6.73. The van der Waals surface area contributed by atoms with Gasteiger partial charge >= 0.3 is 5.97 Å². The zero-order valence-corrected chi connectivity index (χ0v) is 13.2. The fourth-order valence-electron chi connectivity index (χ4n) is 2.69. The molecular weight excluding hydrogens is 292 g/mol. The van der Waals surface area contributed by atoms with Gasteiger partial charge in [0, 0.05) is 19.1 Å². The van der Waals surface area contributed by atoms with Crippen molar-refractivity contribution >= 4 is 16.0 Å². The molecule has 0 aromatic heterocycles. The molecule has 6 nitrogen and oxygen atoms in total. The molecule has 0 amide bonds. The van der Waals surface area contributed by atoms with Gasteiger partial charge in [-0.25, -0.2) is 13.2 Å². The fraction of sp³-hybridized carbons (Fsp3) is 0.500. The van der Waals surface area contributed by atoms with Crippen molar-refractivity contribution in [3.05, 3.63) is 29.8 Å². The van der Waals surface area contributed by atoms with Crippen molar-refractivity contribution in [3.63, 3.8) is 0 Å². The second-order valence-electron chi connectivity index (χ2n) is 5.66. The molecular formula is C14H20N2O4S. The normalized spacial score (nSPS) is 23.6. The number of carbonyl (C=O) groups is 1. The Balaban J connectivity index is 2.25. The molecule has 1 aromatic rings. The third-order valence-corrected chi connectivity index (χ3v) is 5.79. The summed E-state index contributed by atoms with van der Waals surface area (Å²) in [6, 6.07) is 5.54. The third kappa shape index (κ3) is 3.09. The number of hydrogen-bond donors (Lipinski definition) is 1. The van der Waals surface area contributed by atoms with Crippen LogP contribution in [0.1, 0.15) is 17.3 Å². The topological polar surface area (TPSA) is 77.9 Å². The van der Waals surface area contributed by atoms with Crippen LogP contribution in [0.15, 0.2) is 29.2 Å². The molecule has 2 atom stereocenters. The molecule has 0 bridgehead atoms. The molecule has 7 heteroatoms. The Labute approximate surface area is 125 Å². The van der Waals surface area contributed by atoms with Crippen molar-refractivity contribution in [2.24, 2.45) is 5.92 Å². The van der Waals surface area contributed by atoms with E-state index in [1.165, 1.54) is 28.6 Å². The number of benzene rings is 1. The minimum atomic E-state index is -3.57. The number of nitrogens with zero attached hydrogens (tertiary/aromatic N) is 2. The van der Waals surface area contributed by atoms with Gasteiger partial charge in [-0.15, -0.1) is 0 Å². The molecule has 1 aliphatic heterocycles. The van der Waals surface area contributed by atoms with E-state index in [2.05, 4.69) is 0 Å². The Morgan fingerprint density at radius 1 is 1.24 bits per heavy atom.